The van der Waals surface area contributed by atoms with Crippen molar-refractivity contribution in [2.75, 3.05) is 5.32 Å². The molecule has 118 valence electrons. The predicted molar refractivity (Wildman–Crippen MR) is 73.8 cm³/mol. The maximum Gasteiger partial charge on any atom is 0.283 e. The third kappa shape index (κ3) is 2.36. The largest absolute Gasteiger partial charge is 0.302 e. The Balaban J connectivity index is 1.90. The van der Waals surface area contributed by atoms with E-state index in [-0.39, 0.29) is 11.5 Å². The molecule has 2 aromatic heterocycles. The monoisotopic (exact) mass is 310 g/mol. The number of nitrogens with zero attached hydrogens (tertiary/aromatic N) is 5. The Kier molecular flexibility index (Phi) is 3.63. The van der Waals surface area contributed by atoms with Gasteiger partial charge < -0.3 is 5.32 Å². The highest BCUT2D eigenvalue weighted by atomic mass is 19.3. The van der Waals surface area contributed by atoms with Crippen LogP contribution in [0, 0.1) is 0 Å². The van der Waals surface area contributed by atoms with Crippen LogP contribution in [0.3, 0.4) is 0 Å². The number of rotatable bonds is 3. The zero-order valence-corrected chi connectivity index (χ0v) is 12.3. The van der Waals surface area contributed by atoms with Crippen molar-refractivity contribution in [3.05, 3.63) is 22.6 Å². The molecule has 0 radical (unpaired) electrons. The summed E-state index contributed by atoms with van der Waals surface area (Å²) in [5.74, 6) is -0.751. The van der Waals surface area contributed by atoms with E-state index in [0.717, 1.165) is 41.6 Å². The van der Waals surface area contributed by atoms with E-state index >= 15 is 0 Å². The van der Waals surface area contributed by atoms with Gasteiger partial charge in [-0.2, -0.15) is 5.10 Å². The summed E-state index contributed by atoms with van der Waals surface area (Å²) in [7, 11) is 3.14. The minimum absolute atomic E-state index is 0.224. The normalized spacial score (nSPS) is 14.2. The molecule has 1 N–H and O–H groups in total. The molecule has 0 aromatic carbocycles. The minimum Gasteiger partial charge on any atom is -0.302 e. The first-order valence-electron chi connectivity index (χ1n) is 7.03. The number of carbonyl (C=O) groups excluding carboxylic acids is 1. The van der Waals surface area contributed by atoms with Gasteiger partial charge in [0.25, 0.3) is 12.3 Å². The van der Waals surface area contributed by atoms with Crippen LogP contribution < -0.4 is 5.32 Å². The smallest absolute Gasteiger partial charge is 0.283 e. The molecule has 3 rings (SSSR count). The summed E-state index contributed by atoms with van der Waals surface area (Å²) in [5.41, 5.74) is 1.79. The van der Waals surface area contributed by atoms with Gasteiger partial charge in [0.2, 0.25) is 0 Å². The van der Waals surface area contributed by atoms with Crippen LogP contribution in [-0.2, 0) is 26.9 Å². The zero-order chi connectivity index (χ0) is 15.9. The maximum absolute atomic E-state index is 13.0. The molecule has 0 aliphatic heterocycles. The second kappa shape index (κ2) is 5.47. The lowest BCUT2D eigenvalue weighted by Crippen LogP contribution is -2.17. The van der Waals surface area contributed by atoms with Gasteiger partial charge in [-0.1, -0.05) is 5.21 Å². The summed E-state index contributed by atoms with van der Waals surface area (Å²) in [6.45, 7) is 0. The summed E-state index contributed by atoms with van der Waals surface area (Å²) in [4.78, 5) is 12.4. The van der Waals surface area contributed by atoms with E-state index in [4.69, 9.17) is 0 Å². The number of fused-ring (bicyclic) bond motifs is 1. The van der Waals surface area contributed by atoms with Gasteiger partial charge >= 0.3 is 0 Å². The van der Waals surface area contributed by atoms with Crippen molar-refractivity contribution in [2.45, 2.75) is 32.1 Å². The molecule has 2 aromatic rings. The van der Waals surface area contributed by atoms with E-state index in [9.17, 15) is 13.6 Å². The van der Waals surface area contributed by atoms with Crippen molar-refractivity contribution in [3.63, 3.8) is 0 Å². The van der Waals surface area contributed by atoms with Gasteiger partial charge in [-0.3, -0.25) is 9.48 Å². The maximum atomic E-state index is 13.0. The highest BCUT2D eigenvalue weighted by Gasteiger charge is 2.27. The van der Waals surface area contributed by atoms with Gasteiger partial charge in [0.05, 0.1) is 0 Å². The van der Waals surface area contributed by atoms with Crippen molar-refractivity contribution in [1.29, 1.82) is 0 Å². The van der Waals surface area contributed by atoms with E-state index in [0.29, 0.717) is 0 Å². The van der Waals surface area contributed by atoms with Crippen LogP contribution in [0.2, 0.25) is 0 Å². The average molecular weight is 310 g/mol. The number of hydrogen-bond acceptors (Lipinski definition) is 4. The van der Waals surface area contributed by atoms with Gasteiger partial charge in [-0.15, -0.1) is 5.10 Å². The molecule has 0 saturated heterocycles. The Hall–Kier alpha value is -2.32. The van der Waals surface area contributed by atoms with Crippen LogP contribution in [0.5, 0.6) is 0 Å². The fourth-order valence-corrected chi connectivity index (χ4v) is 2.82. The summed E-state index contributed by atoms with van der Waals surface area (Å²) in [5, 5.41) is 13.7. The van der Waals surface area contributed by atoms with Crippen molar-refractivity contribution in [2.24, 2.45) is 14.1 Å². The molecule has 0 saturated carbocycles. The minimum atomic E-state index is -2.77. The van der Waals surface area contributed by atoms with Gasteiger partial charge in [-0.25, -0.2) is 13.5 Å². The Morgan fingerprint density at radius 1 is 1.23 bits per heavy atom. The average Bonchev–Trinajstić information content (AvgIpc) is 3.00. The highest BCUT2D eigenvalue weighted by molar-refractivity contribution is 6.03. The lowest BCUT2D eigenvalue weighted by atomic mass is 9.95. The molecule has 0 bridgehead atoms. The van der Waals surface area contributed by atoms with Crippen LogP contribution in [-0.4, -0.2) is 30.7 Å². The number of carbonyl (C=O) groups is 1. The summed E-state index contributed by atoms with van der Waals surface area (Å²) in [6, 6.07) is 0. The van der Waals surface area contributed by atoms with Gasteiger partial charge in [0.1, 0.15) is 5.69 Å². The number of hydrogen-bond donors (Lipinski definition) is 1. The molecule has 7 nitrogen and oxygen atoms in total. The molecule has 1 aliphatic carbocycles. The van der Waals surface area contributed by atoms with Crippen molar-refractivity contribution >= 4 is 11.7 Å². The van der Waals surface area contributed by atoms with E-state index in [2.05, 4.69) is 20.7 Å². The third-order valence-corrected chi connectivity index (χ3v) is 3.89. The number of alkyl halides is 2. The standard InChI is InChI=1S/C13H16F2N6O/c1-20-8-6-4-3-5-7(8)9(18-20)13(22)16-12-10(11(14)15)21(2)19-17-12/h11H,3-6H2,1-2H3,(H,16,22). The van der Waals surface area contributed by atoms with Crippen molar-refractivity contribution in [3.8, 4) is 0 Å². The van der Waals surface area contributed by atoms with Crippen LogP contribution >= 0.6 is 0 Å². The van der Waals surface area contributed by atoms with E-state index in [1.807, 2.05) is 0 Å². The summed E-state index contributed by atoms with van der Waals surface area (Å²) >= 11 is 0. The number of nitrogens with one attached hydrogen (secondary N) is 1. The number of aromatic nitrogens is 5. The second-order valence-electron chi connectivity index (χ2n) is 5.31. The first-order valence-corrected chi connectivity index (χ1v) is 7.03. The molecular formula is C13H16F2N6O. The predicted octanol–water partition coefficient (Wildman–Crippen LogP) is 1.62. The second-order valence-corrected chi connectivity index (χ2v) is 5.31. The molecule has 1 aliphatic rings. The zero-order valence-electron chi connectivity index (χ0n) is 12.3. The Bertz CT molecular complexity index is 720. The first-order chi connectivity index (χ1) is 10.5. The van der Waals surface area contributed by atoms with Gasteiger partial charge in [-0.05, 0) is 25.7 Å². The lowest BCUT2D eigenvalue weighted by molar-refractivity contribution is 0.101. The topological polar surface area (TPSA) is 77.6 Å². The Morgan fingerprint density at radius 2 is 1.95 bits per heavy atom. The molecule has 0 spiro atoms. The molecule has 9 heteroatoms. The molecular weight excluding hydrogens is 294 g/mol. The molecule has 22 heavy (non-hydrogen) atoms. The van der Waals surface area contributed by atoms with Crippen LogP contribution in [0.4, 0.5) is 14.6 Å². The number of anilines is 1. The number of amides is 1. The SMILES string of the molecule is Cn1nc(C(=O)Nc2nnn(C)c2C(F)F)c2c1CCCC2. The molecule has 2 heterocycles. The molecule has 0 atom stereocenters. The Morgan fingerprint density at radius 3 is 2.68 bits per heavy atom. The van der Waals surface area contributed by atoms with Gasteiger partial charge in [0, 0.05) is 25.4 Å². The van der Waals surface area contributed by atoms with E-state index in [1.165, 1.54) is 7.05 Å². The van der Waals surface area contributed by atoms with Crippen LogP contribution in [0.25, 0.3) is 0 Å². The number of aryl methyl sites for hydroxylation is 2. The first kappa shape index (κ1) is 14.6. The van der Waals surface area contributed by atoms with Gasteiger partial charge in [0.15, 0.2) is 11.5 Å². The Labute approximate surface area is 125 Å². The molecule has 1 amide bonds. The molecule has 0 fully saturated rings. The summed E-state index contributed by atoms with van der Waals surface area (Å²) in [6.07, 6.45) is 0.931. The third-order valence-electron chi connectivity index (χ3n) is 3.89. The fourth-order valence-electron chi connectivity index (χ4n) is 2.82. The summed E-state index contributed by atoms with van der Waals surface area (Å²) < 4.78 is 28.6. The van der Waals surface area contributed by atoms with Crippen LogP contribution in [0.1, 0.15) is 46.7 Å². The molecule has 0 unspecified atom stereocenters. The van der Waals surface area contributed by atoms with Crippen molar-refractivity contribution in [1.82, 2.24) is 24.8 Å². The lowest BCUT2D eigenvalue weighted by Gasteiger charge is -2.12. The highest BCUT2D eigenvalue weighted by Crippen LogP contribution is 2.27. The quantitative estimate of drug-likeness (QED) is 0.934. The van der Waals surface area contributed by atoms with E-state index < -0.39 is 18.0 Å². The van der Waals surface area contributed by atoms with E-state index in [1.54, 1.807) is 11.7 Å². The fraction of sp³-hybridized carbons (Fsp3) is 0.538. The van der Waals surface area contributed by atoms with Crippen LogP contribution in [0.15, 0.2) is 0 Å². The number of halogens is 2. The van der Waals surface area contributed by atoms with Crippen molar-refractivity contribution < 1.29 is 13.6 Å².